The smallest absolute Gasteiger partial charge is 0.439 e. The Morgan fingerprint density at radius 3 is 2.52 bits per heavy atom. The average Bonchev–Trinajstić information content (AvgIpc) is 3.43. The lowest BCUT2D eigenvalue weighted by molar-refractivity contribution is 0.112. The summed E-state index contributed by atoms with van der Waals surface area (Å²) < 4.78 is 12.3. The summed E-state index contributed by atoms with van der Waals surface area (Å²) in [6.45, 7) is 2.87. The summed E-state index contributed by atoms with van der Waals surface area (Å²) in [4.78, 5) is 30.2. The molecule has 0 atom stereocenters. The molecular formula is C25H20N4O4. The van der Waals surface area contributed by atoms with Crippen molar-refractivity contribution in [3.8, 4) is 28.5 Å². The van der Waals surface area contributed by atoms with Crippen LogP contribution in [0.5, 0.6) is 6.01 Å². The molecule has 33 heavy (non-hydrogen) atoms. The summed E-state index contributed by atoms with van der Waals surface area (Å²) in [6.07, 6.45) is 0.838. The lowest BCUT2D eigenvalue weighted by Crippen LogP contribution is -2.06. The van der Waals surface area contributed by atoms with Gasteiger partial charge in [-0.2, -0.15) is 4.98 Å². The molecule has 8 heteroatoms. The van der Waals surface area contributed by atoms with Gasteiger partial charge in [-0.15, -0.1) is 0 Å². The molecule has 0 aliphatic heterocycles. The fourth-order valence-corrected chi connectivity index (χ4v) is 3.93. The molecule has 0 aliphatic rings. The third-order valence-corrected chi connectivity index (χ3v) is 5.39. The van der Waals surface area contributed by atoms with Crippen LogP contribution < -0.4 is 10.5 Å². The predicted octanol–water partition coefficient (Wildman–Crippen LogP) is 4.31. The summed E-state index contributed by atoms with van der Waals surface area (Å²) >= 11 is 0. The van der Waals surface area contributed by atoms with Gasteiger partial charge in [0.25, 0.3) is 6.01 Å². The van der Waals surface area contributed by atoms with Crippen molar-refractivity contribution in [2.45, 2.75) is 13.5 Å². The predicted molar refractivity (Wildman–Crippen MR) is 123 cm³/mol. The second-order valence-electron chi connectivity index (χ2n) is 7.43. The van der Waals surface area contributed by atoms with Gasteiger partial charge in [0.15, 0.2) is 12.1 Å². The first-order valence-corrected chi connectivity index (χ1v) is 10.5. The van der Waals surface area contributed by atoms with Gasteiger partial charge >= 0.3 is 5.76 Å². The Kier molecular flexibility index (Phi) is 5.32. The SMILES string of the molecule is CCOc1nc2cccc(C=O)c2n1Cc1ccc(-c2ccccc2-c2noc(=O)[nH]2)cc1. The number of fused-ring (bicyclic) bond motifs is 1. The van der Waals surface area contributed by atoms with Gasteiger partial charge in [-0.1, -0.05) is 59.8 Å². The van der Waals surface area contributed by atoms with Gasteiger partial charge in [0.1, 0.15) is 0 Å². The highest BCUT2D eigenvalue weighted by Crippen LogP contribution is 2.31. The van der Waals surface area contributed by atoms with Gasteiger partial charge in [0.2, 0.25) is 0 Å². The van der Waals surface area contributed by atoms with E-state index in [0.717, 1.165) is 39.6 Å². The number of rotatable bonds is 7. The molecule has 0 amide bonds. The largest absolute Gasteiger partial charge is 0.465 e. The molecule has 8 nitrogen and oxygen atoms in total. The van der Waals surface area contributed by atoms with E-state index in [1.54, 1.807) is 6.07 Å². The second kappa shape index (κ2) is 8.58. The number of aldehydes is 1. The average molecular weight is 440 g/mol. The molecule has 5 aromatic rings. The van der Waals surface area contributed by atoms with Gasteiger partial charge in [-0.05, 0) is 35.7 Å². The Balaban J connectivity index is 1.52. The minimum Gasteiger partial charge on any atom is -0.465 e. The van der Waals surface area contributed by atoms with Crippen LogP contribution >= 0.6 is 0 Å². The molecule has 0 bridgehead atoms. The summed E-state index contributed by atoms with van der Waals surface area (Å²) in [5, 5.41) is 3.82. The maximum atomic E-state index is 11.6. The molecule has 2 aromatic heterocycles. The molecule has 0 unspecified atom stereocenters. The van der Waals surface area contributed by atoms with E-state index in [4.69, 9.17) is 4.74 Å². The molecule has 164 valence electrons. The molecule has 3 aromatic carbocycles. The van der Waals surface area contributed by atoms with Crippen LogP contribution in [-0.2, 0) is 6.54 Å². The van der Waals surface area contributed by atoms with Crippen molar-refractivity contribution in [3.05, 3.63) is 88.4 Å². The van der Waals surface area contributed by atoms with Crippen LogP contribution in [0.4, 0.5) is 0 Å². The zero-order valence-corrected chi connectivity index (χ0v) is 17.8. The van der Waals surface area contributed by atoms with Crippen molar-refractivity contribution in [3.63, 3.8) is 0 Å². The number of H-pyrrole nitrogens is 1. The molecule has 1 N–H and O–H groups in total. The number of hydrogen-bond acceptors (Lipinski definition) is 6. The van der Waals surface area contributed by atoms with Crippen LogP contribution in [0.1, 0.15) is 22.8 Å². The van der Waals surface area contributed by atoms with E-state index in [2.05, 4.69) is 19.6 Å². The number of imidazole rings is 1. The monoisotopic (exact) mass is 440 g/mol. The third kappa shape index (κ3) is 3.82. The van der Waals surface area contributed by atoms with E-state index >= 15 is 0 Å². The molecular weight excluding hydrogens is 420 g/mol. The van der Waals surface area contributed by atoms with Crippen molar-refractivity contribution in [2.75, 3.05) is 6.61 Å². The van der Waals surface area contributed by atoms with E-state index in [0.29, 0.717) is 30.5 Å². The number of nitrogens with zero attached hydrogens (tertiary/aromatic N) is 3. The van der Waals surface area contributed by atoms with Gasteiger partial charge in [0, 0.05) is 11.1 Å². The zero-order valence-electron chi connectivity index (χ0n) is 17.8. The molecule has 0 aliphatic carbocycles. The van der Waals surface area contributed by atoms with Crippen molar-refractivity contribution >= 4 is 17.3 Å². The number of ether oxygens (including phenoxy) is 1. The lowest BCUT2D eigenvalue weighted by atomic mass is 9.98. The van der Waals surface area contributed by atoms with Crippen LogP contribution in [-0.4, -0.2) is 32.6 Å². The molecule has 0 fully saturated rings. The van der Waals surface area contributed by atoms with Crippen LogP contribution in [0, 0.1) is 0 Å². The molecule has 0 saturated carbocycles. The van der Waals surface area contributed by atoms with Gasteiger partial charge in [0.05, 0.1) is 24.2 Å². The standard InChI is InChI=1S/C25H20N4O4/c1-2-32-24-26-21-9-5-6-18(15-30)22(21)29(24)14-16-10-12-17(13-11-16)19-7-3-4-8-20(19)23-27-25(31)33-28-23/h3-13,15H,2,14H2,1H3,(H,27,28,31). The van der Waals surface area contributed by atoms with Crippen molar-refractivity contribution in [1.29, 1.82) is 0 Å². The number of nitrogens with one attached hydrogen (secondary N) is 1. The summed E-state index contributed by atoms with van der Waals surface area (Å²) in [6, 6.07) is 21.6. The Morgan fingerprint density at radius 1 is 1.03 bits per heavy atom. The Morgan fingerprint density at radius 2 is 1.82 bits per heavy atom. The number of para-hydroxylation sites is 1. The van der Waals surface area contributed by atoms with E-state index < -0.39 is 5.76 Å². The number of carbonyl (C=O) groups excluding carboxylic acids is 1. The topological polar surface area (TPSA) is 103 Å². The highest BCUT2D eigenvalue weighted by molar-refractivity contribution is 5.95. The quantitative estimate of drug-likeness (QED) is 0.379. The van der Waals surface area contributed by atoms with Crippen LogP contribution in [0.2, 0.25) is 0 Å². The Hall–Kier alpha value is -4.46. The summed E-state index contributed by atoms with van der Waals surface area (Å²) in [5.41, 5.74) is 5.71. The first-order valence-electron chi connectivity index (χ1n) is 10.5. The van der Waals surface area contributed by atoms with Crippen LogP contribution in [0.3, 0.4) is 0 Å². The molecule has 0 saturated heterocycles. The molecule has 0 radical (unpaired) electrons. The highest BCUT2D eigenvalue weighted by atomic mass is 16.5. The van der Waals surface area contributed by atoms with Crippen molar-refractivity contribution in [2.24, 2.45) is 0 Å². The van der Waals surface area contributed by atoms with E-state index in [1.165, 1.54) is 0 Å². The minimum atomic E-state index is -0.595. The lowest BCUT2D eigenvalue weighted by Gasteiger charge is -2.12. The van der Waals surface area contributed by atoms with Crippen LogP contribution in [0.15, 0.2) is 76.0 Å². The van der Waals surface area contributed by atoms with E-state index in [1.807, 2.05) is 72.2 Å². The number of aromatic amines is 1. The number of hydrogen-bond donors (Lipinski definition) is 1. The molecule has 5 rings (SSSR count). The van der Waals surface area contributed by atoms with Crippen LogP contribution in [0.25, 0.3) is 33.5 Å². The zero-order chi connectivity index (χ0) is 22.8. The molecule has 0 spiro atoms. The first-order chi connectivity index (χ1) is 16.2. The minimum absolute atomic E-state index is 0.382. The summed E-state index contributed by atoms with van der Waals surface area (Å²) in [5.74, 6) is -0.213. The third-order valence-electron chi connectivity index (χ3n) is 5.39. The summed E-state index contributed by atoms with van der Waals surface area (Å²) in [7, 11) is 0. The number of aromatic nitrogens is 4. The fourth-order valence-electron chi connectivity index (χ4n) is 3.93. The molecule has 2 heterocycles. The Labute approximate surface area is 188 Å². The number of benzene rings is 3. The van der Waals surface area contributed by atoms with E-state index in [-0.39, 0.29) is 0 Å². The van der Waals surface area contributed by atoms with Gasteiger partial charge in [-0.3, -0.25) is 18.9 Å². The normalized spacial score (nSPS) is 11.1. The Bertz CT molecular complexity index is 1500. The maximum absolute atomic E-state index is 11.6. The maximum Gasteiger partial charge on any atom is 0.439 e. The van der Waals surface area contributed by atoms with Crippen molar-refractivity contribution in [1.82, 2.24) is 19.7 Å². The van der Waals surface area contributed by atoms with Crippen molar-refractivity contribution < 1.29 is 14.1 Å². The van der Waals surface area contributed by atoms with E-state index in [9.17, 15) is 9.59 Å². The second-order valence-corrected chi connectivity index (χ2v) is 7.43. The van der Waals surface area contributed by atoms with Gasteiger partial charge in [-0.25, -0.2) is 4.79 Å². The number of carbonyl (C=O) groups is 1. The fraction of sp³-hybridized carbons (Fsp3) is 0.120. The van der Waals surface area contributed by atoms with Gasteiger partial charge < -0.3 is 4.74 Å². The highest BCUT2D eigenvalue weighted by Gasteiger charge is 2.16. The first kappa shape index (κ1) is 20.4.